The Kier molecular flexibility index (Phi) is 5.19. The molecule has 0 spiro atoms. The maximum atomic E-state index is 11.9. The van der Waals surface area contributed by atoms with E-state index in [1.54, 1.807) is 6.08 Å². The molecule has 2 rings (SSSR count). The van der Waals surface area contributed by atoms with Gasteiger partial charge in [-0.15, -0.1) is 0 Å². The summed E-state index contributed by atoms with van der Waals surface area (Å²) < 4.78 is 6.14. The third-order valence-electron chi connectivity index (χ3n) is 3.22. The molecule has 0 saturated carbocycles. The number of halogens is 1. The summed E-state index contributed by atoms with van der Waals surface area (Å²) in [6, 6.07) is 15.4. The smallest absolute Gasteiger partial charge is 0.336 e. The molecule has 114 valence electrons. The molecule has 0 aliphatic carbocycles. The first-order valence-corrected chi connectivity index (χ1v) is 7.90. The number of rotatable bonds is 3. The number of hydrogen-bond acceptors (Lipinski definition) is 2. The molecule has 0 aromatic heterocycles. The van der Waals surface area contributed by atoms with E-state index in [2.05, 4.69) is 36.7 Å². The second-order valence-electron chi connectivity index (χ2n) is 6.06. The highest BCUT2D eigenvalue weighted by molar-refractivity contribution is 9.10. The molecule has 22 heavy (non-hydrogen) atoms. The lowest BCUT2D eigenvalue weighted by molar-refractivity contribution is -0.128. The molecule has 2 nitrogen and oxygen atoms in total. The Labute approximate surface area is 139 Å². The highest BCUT2D eigenvalue weighted by atomic mass is 79.9. The summed E-state index contributed by atoms with van der Waals surface area (Å²) in [5.41, 5.74) is 2.19. The Bertz CT molecular complexity index is 682. The second kappa shape index (κ2) is 6.93. The quantitative estimate of drug-likeness (QED) is 0.419. The van der Waals surface area contributed by atoms with Crippen molar-refractivity contribution in [1.82, 2.24) is 0 Å². The topological polar surface area (TPSA) is 26.3 Å². The highest BCUT2D eigenvalue weighted by Gasteiger charge is 2.15. The van der Waals surface area contributed by atoms with Crippen LogP contribution in [0.4, 0.5) is 0 Å². The summed E-state index contributed by atoms with van der Waals surface area (Å²) in [6.45, 7) is 6.43. The Morgan fingerprint density at radius 3 is 2.36 bits per heavy atom. The zero-order valence-corrected chi connectivity index (χ0v) is 14.6. The lowest BCUT2D eigenvalue weighted by Crippen LogP contribution is -2.11. The van der Waals surface area contributed by atoms with Crippen molar-refractivity contribution in [3.05, 3.63) is 70.2 Å². The summed E-state index contributed by atoms with van der Waals surface area (Å²) in [5, 5.41) is 0. The van der Waals surface area contributed by atoms with E-state index in [1.165, 1.54) is 11.6 Å². The number of esters is 1. The average molecular weight is 359 g/mol. The Morgan fingerprint density at radius 2 is 1.77 bits per heavy atom. The van der Waals surface area contributed by atoms with Gasteiger partial charge in [-0.2, -0.15) is 0 Å². The van der Waals surface area contributed by atoms with E-state index in [4.69, 9.17) is 4.74 Å². The molecule has 0 aliphatic rings. The molecule has 0 bridgehead atoms. The first-order valence-electron chi connectivity index (χ1n) is 7.11. The van der Waals surface area contributed by atoms with Crippen LogP contribution in [0.2, 0.25) is 0 Å². The van der Waals surface area contributed by atoms with Gasteiger partial charge in [0.25, 0.3) is 0 Å². The van der Waals surface area contributed by atoms with E-state index < -0.39 is 5.97 Å². The van der Waals surface area contributed by atoms with Crippen LogP contribution in [0.3, 0.4) is 0 Å². The monoisotopic (exact) mass is 358 g/mol. The van der Waals surface area contributed by atoms with Crippen LogP contribution in [-0.4, -0.2) is 5.97 Å². The first-order chi connectivity index (χ1) is 10.4. The molecular weight excluding hydrogens is 340 g/mol. The van der Waals surface area contributed by atoms with Crippen LogP contribution in [-0.2, 0) is 10.2 Å². The van der Waals surface area contributed by atoms with Crippen LogP contribution < -0.4 is 4.74 Å². The number of carbonyl (C=O) groups is 1. The fraction of sp³-hybridized carbons (Fsp3) is 0.211. The minimum Gasteiger partial charge on any atom is -0.422 e. The third-order valence-corrected chi connectivity index (χ3v) is 3.84. The maximum absolute atomic E-state index is 11.9. The van der Waals surface area contributed by atoms with Crippen molar-refractivity contribution < 1.29 is 9.53 Å². The molecule has 0 heterocycles. The van der Waals surface area contributed by atoms with Crippen molar-refractivity contribution in [3.63, 3.8) is 0 Å². The lowest BCUT2D eigenvalue weighted by atomic mass is 9.87. The van der Waals surface area contributed by atoms with Gasteiger partial charge in [-0.3, -0.25) is 0 Å². The molecule has 0 saturated heterocycles. The summed E-state index contributed by atoms with van der Waals surface area (Å²) in [7, 11) is 0. The van der Waals surface area contributed by atoms with Crippen LogP contribution in [0.15, 0.2) is 59.1 Å². The summed E-state index contributed by atoms with van der Waals surface area (Å²) in [5.74, 6) is 0.128. The van der Waals surface area contributed by atoms with Crippen molar-refractivity contribution >= 4 is 28.0 Å². The fourth-order valence-electron chi connectivity index (χ4n) is 1.92. The Balaban J connectivity index is 2.08. The van der Waals surface area contributed by atoms with Gasteiger partial charge in [0.1, 0.15) is 5.75 Å². The zero-order valence-electron chi connectivity index (χ0n) is 13.0. The largest absolute Gasteiger partial charge is 0.422 e. The van der Waals surface area contributed by atoms with Crippen LogP contribution in [0.25, 0.3) is 6.08 Å². The van der Waals surface area contributed by atoms with Gasteiger partial charge in [0.15, 0.2) is 0 Å². The minimum atomic E-state index is -0.395. The van der Waals surface area contributed by atoms with Gasteiger partial charge in [-0.25, -0.2) is 4.79 Å². The number of carbonyl (C=O) groups excluding carboxylic acids is 1. The van der Waals surface area contributed by atoms with Crippen molar-refractivity contribution in [1.29, 1.82) is 0 Å². The summed E-state index contributed by atoms with van der Waals surface area (Å²) in [6.07, 6.45) is 3.17. The molecule has 0 unspecified atom stereocenters. The van der Waals surface area contributed by atoms with E-state index >= 15 is 0 Å². The lowest BCUT2D eigenvalue weighted by Gasteiger charge is -2.19. The van der Waals surface area contributed by atoms with Crippen molar-refractivity contribution in [2.75, 3.05) is 0 Å². The predicted octanol–water partition coefficient (Wildman–Crippen LogP) is 5.37. The molecule has 0 atom stereocenters. The van der Waals surface area contributed by atoms with Gasteiger partial charge in [0.2, 0.25) is 0 Å². The molecule has 3 heteroatoms. The van der Waals surface area contributed by atoms with E-state index in [0.29, 0.717) is 5.75 Å². The average Bonchev–Trinajstić information content (AvgIpc) is 2.47. The van der Waals surface area contributed by atoms with Gasteiger partial charge >= 0.3 is 5.97 Å². The van der Waals surface area contributed by atoms with Gasteiger partial charge in [0, 0.05) is 6.08 Å². The number of benzene rings is 2. The zero-order chi connectivity index (χ0) is 16.2. The van der Waals surface area contributed by atoms with Gasteiger partial charge < -0.3 is 4.74 Å². The maximum Gasteiger partial charge on any atom is 0.336 e. The van der Waals surface area contributed by atoms with E-state index in [0.717, 1.165) is 10.0 Å². The first kappa shape index (κ1) is 16.5. The highest BCUT2D eigenvalue weighted by Crippen LogP contribution is 2.31. The molecule has 0 N–H and O–H groups in total. The molecule has 0 aliphatic heterocycles. The second-order valence-corrected chi connectivity index (χ2v) is 6.91. The van der Waals surface area contributed by atoms with Crippen LogP contribution in [0.5, 0.6) is 5.75 Å². The van der Waals surface area contributed by atoms with Crippen LogP contribution >= 0.6 is 15.9 Å². The van der Waals surface area contributed by atoms with Crippen molar-refractivity contribution in [3.8, 4) is 5.75 Å². The van der Waals surface area contributed by atoms with E-state index in [9.17, 15) is 4.79 Å². The molecular formula is C19H19BrO2. The standard InChI is InChI=1S/C19H19BrO2/c1-19(2,3)15-10-11-17(16(20)13-15)22-18(21)12-9-14-7-5-4-6-8-14/h4-13H,1-3H3/b12-9+. The molecule has 0 radical (unpaired) electrons. The van der Waals surface area contributed by atoms with Gasteiger partial charge in [-0.05, 0) is 50.7 Å². The third kappa shape index (κ3) is 4.57. The Morgan fingerprint density at radius 1 is 1.09 bits per heavy atom. The number of hydrogen-bond donors (Lipinski definition) is 0. The van der Waals surface area contributed by atoms with Crippen molar-refractivity contribution in [2.24, 2.45) is 0 Å². The fourth-order valence-corrected chi connectivity index (χ4v) is 2.38. The molecule has 0 amide bonds. The van der Waals surface area contributed by atoms with Crippen LogP contribution in [0.1, 0.15) is 31.9 Å². The van der Waals surface area contributed by atoms with E-state index in [-0.39, 0.29) is 5.41 Å². The van der Waals surface area contributed by atoms with Gasteiger partial charge in [0.05, 0.1) is 4.47 Å². The summed E-state index contributed by atoms with van der Waals surface area (Å²) in [4.78, 5) is 11.9. The Hall–Kier alpha value is -1.87. The molecule has 2 aromatic carbocycles. The normalized spacial score (nSPS) is 11.6. The SMILES string of the molecule is CC(C)(C)c1ccc(OC(=O)/C=C/c2ccccc2)c(Br)c1. The molecule has 2 aromatic rings. The summed E-state index contributed by atoms with van der Waals surface area (Å²) >= 11 is 3.46. The number of ether oxygens (including phenoxy) is 1. The van der Waals surface area contributed by atoms with Gasteiger partial charge in [-0.1, -0.05) is 57.2 Å². The molecule has 0 fully saturated rings. The predicted molar refractivity (Wildman–Crippen MR) is 94.0 cm³/mol. The minimum absolute atomic E-state index is 0.0538. The van der Waals surface area contributed by atoms with Crippen molar-refractivity contribution in [2.45, 2.75) is 26.2 Å². The van der Waals surface area contributed by atoms with Crippen LogP contribution in [0, 0.1) is 0 Å². The van der Waals surface area contributed by atoms with E-state index in [1.807, 2.05) is 48.5 Å².